The van der Waals surface area contributed by atoms with Crippen LogP contribution >= 0.6 is 0 Å². The molecule has 0 radical (unpaired) electrons. The van der Waals surface area contributed by atoms with Crippen molar-refractivity contribution in [2.75, 3.05) is 0 Å². The highest BCUT2D eigenvalue weighted by atomic mass is 19.4. The van der Waals surface area contributed by atoms with Crippen molar-refractivity contribution in [1.82, 2.24) is 0 Å². The van der Waals surface area contributed by atoms with Gasteiger partial charge in [-0.2, -0.15) is 18.4 Å². The third kappa shape index (κ3) is 3.72. The third-order valence-electron chi connectivity index (χ3n) is 2.76. The van der Waals surface area contributed by atoms with Gasteiger partial charge in [-0.3, -0.25) is 0 Å². The van der Waals surface area contributed by atoms with Gasteiger partial charge >= 0.3 is 6.18 Å². The summed E-state index contributed by atoms with van der Waals surface area (Å²) in [7, 11) is 0. The fraction of sp³-hybridized carbons (Fsp3) is 0.133. The molecular formula is C15H9F4NO. The lowest BCUT2D eigenvalue weighted by molar-refractivity contribution is -0.137. The molecule has 0 aliphatic rings. The molecule has 0 aliphatic heterocycles. The van der Waals surface area contributed by atoms with Gasteiger partial charge in [-0.15, -0.1) is 0 Å². The molecule has 21 heavy (non-hydrogen) atoms. The molecule has 0 spiro atoms. The molecule has 0 N–H and O–H groups in total. The van der Waals surface area contributed by atoms with Gasteiger partial charge in [0.1, 0.15) is 18.2 Å². The van der Waals surface area contributed by atoms with E-state index in [0.29, 0.717) is 0 Å². The smallest absolute Gasteiger partial charge is 0.416 e. The lowest BCUT2D eigenvalue weighted by Crippen LogP contribution is -2.04. The number of nitrogens with zero attached hydrogens (tertiary/aromatic N) is 1. The van der Waals surface area contributed by atoms with Gasteiger partial charge in [0.05, 0.1) is 17.2 Å². The monoisotopic (exact) mass is 295 g/mol. The maximum atomic E-state index is 13.6. The van der Waals surface area contributed by atoms with Gasteiger partial charge in [0.25, 0.3) is 0 Å². The molecule has 108 valence electrons. The van der Waals surface area contributed by atoms with Crippen LogP contribution in [0.25, 0.3) is 0 Å². The average Bonchev–Trinajstić information content (AvgIpc) is 2.45. The third-order valence-corrected chi connectivity index (χ3v) is 2.76. The zero-order valence-electron chi connectivity index (χ0n) is 10.6. The SMILES string of the molecule is N#Cc1ccc(COc2ccc(C(F)(F)F)cc2)c(F)c1. The lowest BCUT2D eigenvalue weighted by atomic mass is 10.1. The summed E-state index contributed by atoms with van der Waals surface area (Å²) in [6.45, 7) is -0.136. The molecule has 2 aromatic rings. The van der Waals surface area contributed by atoms with Gasteiger partial charge in [-0.25, -0.2) is 4.39 Å². The summed E-state index contributed by atoms with van der Waals surface area (Å²) < 4.78 is 55.9. The van der Waals surface area contributed by atoms with Gasteiger partial charge in [-0.1, -0.05) is 6.07 Å². The van der Waals surface area contributed by atoms with Crippen LogP contribution in [-0.2, 0) is 12.8 Å². The van der Waals surface area contributed by atoms with Crippen molar-refractivity contribution in [3.8, 4) is 11.8 Å². The van der Waals surface area contributed by atoms with Crippen molar-refractivity contribution in [2.45, 2.75) is 12.8 Å². The molecule has 0 unspecified atom stereocenters. The Morgan fingerprint density at radius 3 is 2.24 bits per heavy atom. The molecule has 0 atom stereocenters. The van der Waals surface area contributed by atoms with E-state index in [1.165, 1.54) is 24.3 Å². The van der Waals surface area contributed by atoms with E-state index in [0.717, 1.165) is 18.2 Å². The maximum Gasteiger partial charge on any atom is 0.416 e. The minimum Gasteiger partial charge on any atom is -0.489 e. The van der Waals surface area contributed by atoms with Crippen LogP contribution in [0.15, 0.2) is 42.5 Å². The first kappa shape index (κ1) is 14.9. The van der Waals surface area contributed by atoms with Gasteiger partial charge in [-0.05, 0) is 36.4 Å². The Morgan fingerprint density at radius 1 is 1.05 bits per heavy atom. The van der Waals surface area contributed by atoms with Crippen LogP contribution in [0.5, 0.6) is 5.75 Å². The Morgan fingerprint density at radius 2 is 1.71 bits per heavy atom. The molecule has 0 saturated heterocycles. The van der Waals surface area contributed by atoms with E-state index in [2.05, 4.69) is 0 Å². The number of alkyl halides is 3. The highest BCUT2D eigenvalue weighted by Gasteiger charge is 2.29. The maximum absolute atomic E-state index is 13.6. The highest BCUT2D eigenvalue weighted by molar-refractivity contribution is 5.33. The molecule has 0 fully saturated rings. The van der Waals surface area contributed by atoms with Crippen LogP contribution < -0.4 is 4.74 Å². The average molecular weight is 295 g/mol. The van der Waals surface area contributed by atoms with E-state index in [-0.39, 0.29) is 23.5 Å². The Balaban J connectivity index is 2.05. The van der Waals surface area contributed by atoms with Crippen molar-refractivity contribution in [1.29, 1.82) is 5.26 Å². The topological polar surface area (TPSA) is 33.0 Å². The number of halogens is 4. The minimum absolute atomic E-state index is 0.136. The van der Waals surface area contributed by atoms with E-state index >= 15 is 0 Å². The first-order valence-electron chi connectivity index (χ1n) is 5.89. The second-order valence-electron chi connectivity index (χ2n) is 4.23. The molecule has 2 rings (SSSR count). The summed E-state index contributed by atoms with van der Waals surface area (Å²) in [6.07, 6.45) is -4.40. The van der Waals surface area contributed by atoms with Gasteiger partial charge in [0.2, 0.25) is 0 Å². The second-order valence-corrected chi connectivity index (χ2v) is 4.23. The van der Waals surface area contributed by atoms with Gasteiger partial charge in [0.15, 0.2) is 0 Å². The summed E-state index contributed by atoms with van der Waals surface area (Å²) in [4.78, 5) is 0. The lowest BCUT2D eigenvalue weighted by Gasteiger charge is -2.09. The van der Waals surface area contributed by atoms with Crippen molar-refractivity contribution < 1.29 is 22.3 Å². The molecule has 0 aromatic heterocycles. The molecule has 0 aliphatic carbocycles. The summed E-state index contributed by atoms with van der Waals surface area (Å²) >= 11 is 0. The zero-order chi connectivity index (χ0) is 15.5. The molecule has 2 nitrogen and oxygen atoms in total. The standard InChI is InChI=1S/C15H9F4NO/c16-14-7-10(8-20)1-2-11(14)9-21-13-5-3-12(4-6-13)15(17,18)19/h1-7H,9H2. The molecule has 2 aromatic carbocycles. The van der Waals surface area contributed by atoms with E-state index in [1.807, 2.05) is 0 Å². The number of rotatable bonds is 3. The molecule has 6 heteroatoms. The number of nitriles is 1. The summed E-state index contributed by atoms with van der Waals surface area (Å²) in [5.74, 6) is -0.396. The normalized spacial score (nSPS) is 11.0. The van der Waals surface area contributed by atoms with Crippen molar-refractivity contribution in [2.24, 2.45) is 0 Å². The van der Waals surface area contributed by atoms with E-state index in [9.17, 15) is 17.6 Å². The molecule has 0 saturated carbocycles. The van der Waals surface area contributed by atoms with Crippen molar-refractivity contribution in [3.63, 3.8) is 0 Å². The van der Waals surface area contributed by atoms with Crippen LogP contribution in [-0.4, -0.2) is 0 Å². The first-order valence-corrected chi connectivity index (χ1v) is 5.89. The number of hydrogen-bond donors (Lipinski definition) is 0. The Kier molecular flexibility index (Phi) is 4.13. The minimum atomic E-state index is -4.40. The number of hydrogen-bond acceptors (Lipinski definition) is 2. The largest absolute Gasteiger partial charge is 0.489 e. The van der Waals surface area contributed by atoms with E-state index in [4.69, 9.17) is 10.00 Å². The van der Waals surface area contributed by atoms with Gasteiger partial charge < -0.3 is 4.74 Å². The highest BCUT2D eigenvalue weighted by Crippen LogP contribution is 2.30. The van der Waals surface area contributed by atoms with Crippen LogP contribution in [0, 0.1) is 17.1 Å². The Hall–Kier alpha value is -2.55. The number of ether oxygens (including phenoxy) is 1. The number of benzene rings is 2. The van der Waals surface area contributed by atoms with Crippen LogP contribution in [0.1, 0.15) is 16.7 Å². The summed E-state index contributed by atoms with van der Waals surface area (Å²) in [6, 6.07) is 9.85. The van der Waals surface area contributed by atoms with E-state index < -0.39 is 17.6 Å². The molecular weight excluding hydrogens is 286 g/mol. The van der Waals surface area contributed by atoms with Crippen molar-refractivity contribution in [3.05, 3.63) is 65.0 Å². The second kappa shape index (κ2) is 5.83. The quantitative estimate of drug-likeness (QED) is 0.791. The molecule has 0 heterocycles. The Bertz CT molecular complexity index is 672. The Labute approximate surface area is 118 Å². The van der Waals surface area contributed by atoms with Gasteiger partial charge in [0, 0.05) is 5.56 Å². The fourth-order valence-corrected chi connectivity index (χ4v) is 1.64. The first-order chi connectivity index (χ1) is 9.90. The van der Waals surface area contributed by atoms with Crippen LogP contribution in [0.2, 0.25) is 0 Å². The summed E-state index contributed by atoms with van der Waals surface area (Å²) in [5.41, 5.74) is -0.376. The molecule has 0 bridgehead atoms. The van der Waals surface area contributed by atoms with Crippen LogP contribution in [0.4, 0.5) is 17.6 Å². The predicted octanol–water partition coefficient (Wildman–Crippen LogP) is 4.30. The summed E-state index contributed by atoms with van der Waals surface area (Å²) in [5, 5.41) is 8.61. The predicted molar refractivity (Wildman–Crippen MR) is 66.9 cm³/mol. The fourth-order valence-electron chi connectivity index (χ4n) is 1.64. The molecule has 0 amide bonds. The zero-order valence-corrected chi connectivity index (χ0v) is 10.6. The van der Waals surface area contributed by atoms with Crippen molar-refractivity contribution >= 4 is 0 Å². The van der Waals surface area contributed by atoms with E-state index in [1.54, 1.807) is 6.07 Å². The van der Waals surface area contributed by atoms with Crippen LogP contribution in [0.3, 0.4) is 0 Å².